The number of carbonyl (C=O) groups is 2. The molecule has 2 aromatic carbocycles. The lowest BCUT2D eigenvalue weighted by atomic mass is 10.1. The van der Waals surface area contributed by atoms with Gasteiger partial charge in [-0.15, -0.1) is 0 Å². The van der Waals surface area contributed by atoms with Crippen molar-refractivity contribution in [1.82, 2.24) is 4.90 Å². The first kappa shape index (κ1) is 19.6. The van der Waals surface area contributed by atoms with Crippen LogP contribution in [0.5, 0.6) is 5.75 Å². The summed E-state index contributed by atoms with van der Waals surface area (Å²) in [5.74, 6) is -0.160. The third-order valence-electron chi connectivity index (χ3n) is 3.94. The van der Waals surface area contributed by atoms with Gasteiger partial charge < -0.3 is 4.74 Å². The Morgan fingerprint density at radius 1 is 1.22 bits per heavy atom. The molecule has 0 aliphatic carbocycles. The maximum atomic E-state index is 13.8. The van der Waals surface area contributed by atoms with Gasteiger partial charge in [0, 0.05) is 21.6 Å². The molecule has 2 aromatic rings. The quantitative estimate of drug-likeness (QED) is 0.556. The molecule has 0 radical (unpaired) electrons. The second-order valence-corrected chi connectivity index (χ2v) is 8.12. The Balaban J connectivity index is 1.88. The molecule has 140 valence electrons. The van der Waals surface area contributed by atoms with Gasteiger partial charge in [0.1, 0.15) is 18.2 Å². The second-order valence-electron chi connectivity index (χ2n) is 6.21. The highest BCUT2D eigenvalue weighted by Crippen LogP contribution is 2.36. The van der Waals surface area contributed by atoms with Gasteiger partial charge >= 0.3 is 0 Å². The fourth-order valence-corrected chi connectivity index (χ4v) is 3.93. The van der Waals surface area contributed by atoms with Gasteiger partial charge in [-0.2, -0.15) is 0 Å². The molecule has 1 saturated heterocycles. The highest BCUT2D eigenvalue weighted by atomic mass is 79.9. The molecular weight excluding hydrogens is 433 g/mol. The Bertz CT molecular complexity index is 929. The molecule has 0 N–H and O–H groups in total. The van der Waals surface area contributed by atoms with E-state index in [0.29, 0.717) is 21.8 Å². The van der Waals surface area contributed by atoms with Gasteiger partial charge in [-0.3, -0.25) is 14.5 Å². The predicted molar refractivity (Wildman–Crippen MR) is 108 cm³/mol. The Hall–Kier alpha value is -2.12. The number of nitrogens with zero attached hydrogens (tertiary/aromatic N) is 1. The van der Waals surface area contributed by atoms with Gasteiger partial charge in [-0.25, -0.2) is 4.39 Å². The van der Waals surface area contributed by atoms with E-state index >= 15 is 0 Å². The number of benzene rings is 2. The number of ether oxygens (including phenoxy) is 1. The van der Waals surface area contributed by atoms with Crippen molar-refractivity contribution < 1.29 is 18.7 Å². The number of rotatable bonds is 5. The summed E-state index contributed by atoms with van der Waals surface area (Å²) in [7, 11) is 0. The van der Waals surface area contributed by atoms with Gasteiger partial charge in [0.15, 0.2) is 0 Å². The van der Waals surface area contributed by atoms with Crippen molar-refractivity contribution in [1.29, 1.82) is 0 Å². The maximum absolute atomic E-state index is 13.8. The van der Waals surface area contributed by atoms with E-state index in [1.54, 1.807) is 56.3 Å². The molecule has 0 saturated carbocycles. The van der Waals surface area contributed by atoms with E-state index in [4.69, 9.17) is 4.74 Å². The van der Waals surface area contributed by atoms with Crippen molar-refractivity contribution in [2.24, 2.45) is 0 Å². The average molecular weight is 450 g/mol. The van der Waals surface area contributed by atoms with Gasteiger partial charge in [-0.1, -0.05) is 34.1 Å². The third-order valence-corrected chi connectivity index (χ3v) is 5.32. The van der Waals surface area contributed by atoms with Crippen molar-refractivity contribution in [3.8, 4) is 5.75 Å². The van der Waals surface area contributed by atoms with Crippen LogP contribution in [0.15, 0.2) is 51.8 Å². The van der Waals surface area contributed by atoms with E-state index in [1.807, 2.05) is 0 Å². The van der Waals surface area contributed by atoms with E-state index in [2.05, 4.69) is 15.9 Å². The number of halogens is 2. The first-order valence-electron chi connectivity index (χ1n) is 8.29. The Kier molecular flexibility index (Phi) is 6.01. The van der Waals surface area contributed by atoms with Gasteiger partial charge in [0.2, 0.25) is 0 Å². The Morgan fingerprint density at radius 2 is 1.96 bits per heavy atom. The minimum absolute atomic E-state index is 0.0582. The van der Waals surface area contributed by atoms with E-state index in [1.165, 1.54) is 11.0 Å². The lowest BCUT2D eigenvalue weighted by Gasteiger charge is -2.16. The summed E-state index contributed by atoms with van der Waals surface area (Å²) in [6, 6.07) is 11.5. The zero-order valence-corrected chi connectivity index (χ0v) is 17.1. The third kappa shape index (κ3) is 4.42. The zero-order chi connectivity index (χ0) is 19.6. The number of imide groups is 1. The van der Waals surface area contributed by atoms with Crippen LogP contribution < -0.4 is 4.74 Å². The molecule has 3 rings (SSSR count). The largest absolute Gasteiger partial charge is 0.488 e. The molecular formula is C20H17BrFNO3S. The standard InChI is InChI=1S/C20H17BrFNO3S/c1-12(2)23-19(24)18(27-20(23)25)10-14-9-15(21)7-8-17(14)26-11-13-5-3-4-6-16(13)22/h3-10,12H,11H2,1-2H3/b18-10-. The summed E-state index contributed by atoms with van der Waals surface area (Å²) in [6.45, 7) is 3.64. The van der Waals surface area contributed by atoms with E-state index in [0.717, 1.165) is 16.2 Å². The van der Waals surface area contributed by atoms with Crippen molar-refractivity contribution in [2.75, 3.05) is 0 Å². The predicted octanol–water partition coefficient (Wildman–Crippen LogP) is 5.61. The highest BCUT2D eigenvalue weighted by Gasteiger charge is 2.36. The van der Waals surface area contributed by atoms with Crippen LogP contribution in [0.3, 0.4) is 0 Å². The van der Waals surface area contributed by atoms with Crippen LogP contribution in [0, 0.1) is 5.82 Å². The van der Waals surface area contributed by atoms with E-state index in [-0.39, 0.29) is 29.6 Å². The highest BCUT2D eigenvalue weighted by molar-refractivity contribution is 9.10. The molecule has 2 amide bonds. The second kappa shape index (κ2) is 8.27. The fraction of sp³-hybridized carbons (Fsp3) is 0.200. The molecule has 0 aromatic heterocycles. The van der Waals surface area contributed by atoms with Gasteiger partial charge in [0.05, 0.1) is 4.91 Å². The summed E-state index contributed by atoms with van der Waals surface area (Å²) < 4.78 is 20.4. The molecule has 0 bridgehead atoms. The van der Waals surface area contributed by atoms with Crippen LogP contribution in [-0.4, -0.2) is 22.1 Å². The molecule has 0 spiro atoms. The minimum Gasteiger partial charge on any atom is -0.488 e. The lowest BCUT2D eigenvalue weighted by Crippen LogP contribution is -2.34. The Labute approximate surface area is 169 Å². The number of carbonyl (C=O) groups excluding carboxylic acids is 2. The molecule has 1 aliphatic heterocycles. The number of hydrogen-bond donors (Lipinski definition) is 0. The number of amides is 2. The summed E-state index contributed by atoms with van der Waals surface area (Å²) in [4.78, 5) is 26.1. The average Bonchev–Trinajstić information content (AvgIpc) is 2.89. The van der Waals surface area contributed by atoms with Gasteiger partial charge in [-0.05, 0) is 56.0 Å². The fourth-order valence-electron chi connectivity index (χ4n) is 2.60. The van der Waals surface area contributed by atoms with Crippen LogP contribution in [0.25, 0.3) is 6.08 Å². The van der Waals surface area contributed by atoms with E-state index in [9.17, 15) is 14.0 Å². The molecule has 0 atom stereocenters. The maximum Gasteiger partial charge on any atom is 0.293 e. The summed E-state index contributed by atoms with van der Waals surface area (Å²) in [6.07, 6.45) is 1.63. The van der Waals surface area contributed by atoms with Crippen LogP contribution >= 0.6 is 27.7 Å². The van der Waals surface area contributed by atoms with Gasteiger partial charge in [0.25, 0.3) is 11.1 Å². The molecule has 1 heterocycles. The Morgan fingerprint density at radius 3 is 2.63 bits per heavy atom. The van der Waals surface area contributed by atoms with Crippen molar-refractivity contribution in [2.45, 2.75) is 26.5 Å². The monoisotopic (exact) mass is 449 g/mol. The SMILES string of the molecule is CC(C)N1C(=O)S/C(=C\c2cc(Br)ccc2OCc2ccccc2F)C1=O. The normalized spacial score (nSPS) is 15.9. The minimum atomic E-state index is -0.339. The van der Waals surface area contributed by atoms with Crippen molar-refractivity contribution in [3.63, 3.8) is 0 Å². The number of hydrogen-bond acceptors (Lipinski definition) is 4. The molecule has 0 unspecified atom stereocenters. The summed E-state index contributed by atoms with van der Waals surface area (Å²) in [5.41, 5.74) is 1.07. The first-order chi connectivity index (χ1) is 12.9. The zero-order valence-electron chi connectivity index (χ0n) is 14.7. The smallest absolute Gasteiger partial charge is 0.293 e. The lowest BCUT2D eigenvalue weighted by molar-refractivity contribution is -0.123. The van der Waals surface area contributed by atoms with Crippen LogP contribution in [0.2, 0.25) is 0 Å². The topological polar surface area (TPSA) is 46.6 Å². The van der Waals surface area contributed by atoms with Crippen molar-refractivity contribution in [3.05, 3.63) is 68.8 Å². The molecule has 27 heavy (non-hydrogen) atoms. The van der Waals surface area contributed by atoms with Crippen molar-refractivity contribution >= 4 is 44.9 Å². The molecule has 4 nitrogen and oxygen atoms in total. The van der Waals surface area contributed by atoms with E-state index < -0.39 is 0 Å². The summed E-state index contributed by atoms with van der Waals surface area (Å²) >= 11 is 4.31. The van der Waals surface area contributed by atoms with Crippen LogP contribution in [0.4, 0.5) is 9.18 Å². The number of thioether (sulfide) groups is 1. The first-order valence-corrected chi connectivity index (χ1v) is 9.90. The molecule has 1 fully saturated rings. The van der Waals surface area contributed by atoms with Crippen LogP contribution in [0.1, 0.15) is 25.0 Å². The molecule has 7 heteroatoms. The molecule has 1 aliphatic rings. The van der Waals surface area contributed by atoms with Crippen LogP contribution in [-0.2, 0) is 11.4 Å². The summed E-state index contributed by atoms with van der Waals surface area (Å²) in [5, 5.41) is -0.287.